The standard InChI is InChI=1S/C40H36O8.C5H5.Co/c1-5-45-37(41)29-17-9-25(10-18-29)33-34(26-11-19-30(20-12-26)38(42)46-6-2)36(28-15-23-32(24-16-28)40(44)48-8-4)35(33)27-13-21-31(22-14-27)39(43)47-7-3;1-2-4-5-3-1;/h9-24H,5-8H2,1-4H3;1-3H,4H2;. The summed E-state index contributed by atoms with van der Waals surface area (Å²) < 4.78 is 21.9. The molecule has 2 aliphatic carbocycles. The van der Waals surface area contributed by atoms with Crippen LogP contribution in [0.15, 0.2) is 120 Å². The Morgan fingerprint density at radius 3 is 0.833 bits per heavy atom. The van der Waals surface area contributed by atoms with Gasteiger partial charge in [0.05, 0.1) is 48.7 Å². The third kappa shape index (κ3) is 9.23. The third-order valence-electron chi connectivity index (χ3n) is 8.45. The molecule has 278 valence electrons. The second-order valence-electron chi connectivity index (χ2n) is 11.9. The first-order chi connectivity index (χ1) is 26.2. The Bertz CT molecular complexity index is 1830. The van der Waals surface area contributed by atoms with Crippen molar-refractivity contribution in [1.29, 1.82) is 0 Å². The van der Waals surface area contributed by atoms with Crippen molar-refractivity contribution in [3.63, 3.8) is 0 Å². The Balaban J connectivity index is 0.000000850. The van der Waals surface area contributed by atoms with Crippen LogP contribution >= 0.6 is 0 Å². The Hall–Kier alpha value is -5.77. The summed E-state index contributed by atoms with van der Waals surface area (Å²) in [6.45, 7) is 8.11. The molecule has 8 nitrogen and oxygen atoms in total. The Morgan fingerprint density at radius 2 is 0.685 bits per heavy atom. The molecule has 0 atom stereocenters. The van der Waals surface area contributed by atoms with Gasteiger partial charge in [-0.3, -0.25) is 0 Å². The fourth-order valence-corrected chi connectivity index (χ4v) is 6.18. The molecule has 0 amide bonds. The molecule has 54 heavy (non-hydrogen) atoms. The number of allylic oxidation sites excluding steroid dienone is 8. The van der Waals surface area contributed by atoms with Crippen LogP contribution in [0.5, 0.6) is 0 Å². The van der Waals surface area contributed by atoms with Crippen LogP contribution < -0.4 is 0 Å². The van der Waals surface area contributed by atoms with Crippen molar-refractivity contribution in [2.24, 2.45) is 0 Å². The van der Waals surface area contributed by atoms with Crippen molar-refractivity contribution < 1.29 is 53.9 Å². The summed E-state index contributed by atoms with van der Waals surface area (Å²) in [5, 5.41) is 0. The average molecular weight is 769 g/mol. The topological polar surface area (TPSA) is 105 Å². The van der Waals surface area contributed by atoms with Crippen molar-refractivity contribution in [3.05, 3.63) is 164 Å². The molecule has 2 aliphatic rings. The third-order valence-corrected chi connectivity index (χ3v) is 8.83. The molecule has 0 aliphatic heterocycles. The Labute approximate surface area is 323 Å². The van der Waals surface area contributed by atoms with Crippen molar-refractivity contribution in [3.8, 4) is 0 Å². The molecule has 9 heteroatoms. The van der Waals surface area contributed by atoms with Gasteiger partial charge in [-0.25, -0.2) is 19.2 Å². The van der Waals surface area contributed by atoms with Crippen LogP contribution in [-0.4, -0.2) is 50.3 Å². The zero-order valence-electron chi connectivity index (χ0n) is 30.6. The SMILES string of the molecule is CCOC(=O)c1ccc(C2=C(c3ccc(C(=O)OCC)cc3)C(c3ccc(C(=O)OCC)cc3)=C2c2ccc(C(=O)OCC)cc2)cc1.[Co][C]1=CC=CC1. The second-order valence-corrected chi connectivity index (χ2v) is 12.6. The van der Waals surface area contributed by atoms with Gasteiger partial charge in [-0.2, -0.15) is 0 Å². The summed E-state index contributed by atoms with van der Waals surface area (Å²) in [7, 11) is 0. The van der Waals surface area contributed by atoms with Gasteiger partial charge < -0.3 is 18.9 Å². The number of carbonyl (C=O) groups excluding carboxylic acids is 4. The van der Waals surface area contributed by atoms with Crippen LogP contribution in [0, 0.1) is 0 Å². The minimum absolute atomic E-state index is 0.269. The van der Waals surface area contributed by atoms with Crippen molar-refractivity contribution in [2.45, 2.75) is 34.1 Å². The van der Waals surface area contributed by atoms with E-state index in [9.17, 15) is 19.2 Å². The second kappa shape index (κ2) is 18.8. The number of benzene rings is 4. The summed E-state index contributed by atoms with van der Waals surface area (Å²) in [6, 6.07) is 28.9. The van der Waals surface area contributed by atoms with E-state index in [4.69, 9.17) is 18.9 Å². The number of esters is 4. The van der Waals surface area contributed by atoms with Gasteiger partial charge in [-0.15, -0.1) is 0 Å². The van der Waals surface area contributed by atoms with E-state index in [2.05, 4.69) is 21.8 Å². The molecular weight excluding hydrogens is 727 g/mol. The predicted molar refractivity (Wildman–Crippen MR) is 205 cm³/mol. The molecule has 0 aromatic heterocycles. The fraction of sp³-hybridized carbons (Fsp3) is 0.200. The number of rotatable bonds is 12. The van der Waals surface area contributed by atoms with Gasteiger partial charge in [0.15, 0.2) is 0 Å². The summed E-state index contributed by atoms with van der Waals surface area (Å²) in [5.41, 5.74) is 8.75. The molecule has 0 spiro atoms. The fourth-order valence-electron chi connectivity index (χ4n) is 5.95. The monoisotopic (exact) mass is 768 g/mol. The van der Waals surface area contributed by atoms with E-state index in [1.54, 1.807) is 76.2 Å². The molecule has 0 saturated carbocycles. The number of hydrogen-bond acceptors (Lipinski definition) is 8. The van der Waals surface area contributed by atoms with Gasteiger partial charge in [0.2, 0.25) is 0 Å². The van der Waals surface area contributed by atoms with E-state index in [1.807, 2.05) is 60.7 Å². The maximum absolute atomic E-state index is 12.4. The Kier molecular flexibility index (Phi) is 13.7. The van der Waals surface area contributed by atoms with E-state index in [0.717, 1.165) is 55.5 Å². The van der Waals surface area contributed by atoms with Crippen molar-refractivity contribution in [1.82, 2.24) is 0 Å². The molecule has 0 radical (unpaired) electrons. The molecule has 0 saturated heterocycles. The van der Waals surface area contributed by atoms with Gasteiger partial charge in [-0.1, -0.05) is 48.5 Å². The molecule has 0 unspecified atom stereocenters. The van der Waals surface area contributed by atoms with Gasteiger partial charge in [0.25, 0.3) is 0 Å². The molecule has 0 fully saturated rings. The number of ether oxygens (including phenoxy) is 4. The van der Waals surface area contributed by atoms with Gasteiger partial charge in [-0.05, 0) is 121 Å². The zero-order valence-corrected chi connectivity index (χ0v) is 31.6. The van der Waals surface area contributed by atoms with Crippen molar-refractivity contribution >= 4 is 46.2 Å². The molecule has 0 bridgehead atoms. The van der Waals surface area contributed by atoms with E-state index < -0.39 is 23.9 Å². The van der Waals surface area contributed by atoms with E-state index in [-0.39, 0.29) is 26.4 Å². The van der Waals surface area contributed by atoms with E-state index >= 15 is 0 Å². The van der Waals surface area contributed by atoms with Crippen LogP contribution in [0.2, 0.25) is 0 Å². The van der Waals surface area contributed by atoms with Crippen LogP contribution in [0.25, 0.3) is 22.3 Å². The number of hydrogen-bond donors (Lipinski definition) is 0. The first-order valence-electron chi connectivity index (χ1n) is 17.8. The summed E-state index contributed by atoms with van der Waals surface area (Å²) in [4.78, 5) is 49.8. The quantitative estimate of drug-likeness (QED) is 0.104. The normalized spacial score (nSPS) is 13.0. The first-order valence-corrected chi connectivity index (χ1v) is 18.3. The maximum atomic E-state index is 12.4. The summed E-state index contributed by atoms with van der Waals surface area (Å²) in [6.07, 6.45) is 7.13. The van der Waals surface area contributed by atoms with E-state index in [0.29, 0.717) is 22.3 Å². The molecular formula is C45H41CoO8. The van der Waals surface area contributed by atoms with Gasteiger partial charge in [0.1, 0.15) is 0 Å². The van der Waals surface area contributed by atoms with Crippen LogP contribution in [0.4, 0.5) is 0 Å². The van der Waals surface area contributed by atoms with Crippen LogP contribution in [0.1, 0.15) is 97.8 Å². The summed E-state index contributed by atoms with van der Waals surface area (Å²) >= 11 is 4.14. The molecule has 0 heterocycles. The molecule has 4 aromatic carbocycles. The molecule has 0 N–H and O–H groups in total. The van der Waals surface area contributed by atoms with Gasteiger partial charge >= 0.3 is 68.8 Å². The molecule has 6 rings (SSSR count). The van der Waals surface area contributed by atoms with Crippen LogP contribution in [-0.2, 0) is 34.7 Å². The Morgan fingerprint density at radius 1 is 0.444 bits per heavy atom. The summed E-state index contributed by atoms with van der Waals surface area (Å²) in [5.74, 6) is -1.63. The minimum atomic E-state index is -0.408. The predicted octanol–water partition coefficient (Wildman–Crippen LogP) is 9.31. The van der Waals surface area contributed by atoms with Gasteiger partial charge in [0, 0.05) is 0 Å². The molecule has 4 aromatic rings. The zero-order chi connectivity index (χ0) is 38.6. The first kappa shape index (κ1) is 39.4. The van der Waals surface area contributed by atoms with E-state index in [1.165, 1.54) is 0 Å². The average Bonchev–Trinajstić information content (AvgIpc) is 3.67. The van der Waals surface area contributed by atoms with Crippen molar-refractivity contribution in [2.75, 3.05) is 26.4 Å². The van der Waals surface area contributed by atoms with Crippen LogP contribution in [0.3, 0.4) is 0 Å². The number of carbonyl (C=O) groups is 4.